The summed E-state index contributed by atoms with van der Waals surface area (Å²) in [6, 6.07) is 12.8. The molecule has 2 heterocycles. The number of anilines is 1. The number of hydrogen-bond donors (Lipinski definition) is 0. The van der Waals surface area contributed by atoms with E-state index >= 15 is 0 Å². The molecule has 3 rings (SSSR count). The molecule has 0 N–H and O–H groups in total. The Balaban J connectivity index is 1.87. The number of halogens is 3. The summed E-state index contributed by atoms with van der Waals surface area (Å²) in [7, 11) is 1.54. The lowest BCUT2D eigenvalue weighted by molar-refractivity contribution is -0.137. The van der Waals surface area contributed by atoms with Gasteiger partial charge in [-0.25, -0.2) is 4.98 Å². The van der Waals surface area contributed by atoms with E-state index in [9.17, 15) is 18.0 Å². The molecule has 0 saturated heterocycles. The van der Waals surface area contributed by atoms with Crippen LogP contribution in [0.5, 0.6) is 0 Å². The fourth-order valence-corrected chi connectivity index (χ4v) is 2.28. The second-order valence-electron chi connectivity index (χ2n) is 5.29. The van der Waals surface area contributed by atoms with Crippen LogP contribution in [0.15, 0.2) is 65.2 Å². The lowest BCUT2D eigenvalue weighted by Crippen LogP contribution is -2.26. The molecule has 4 nitrogen and oxygen atoms in total. The molecule has 1 amide bonds. The van der Waals surface area contributed by atoms with Crippen LogP contribution in [0.4, 0.5) is 19.0 Å². The van der Waals surface area contributed by atoms with Crippen LogP contribution in [0.3, 0.4) is 0 Å². The Morgan fingerprint density at radius 1 is 1.08 bits per heavy atom. The van der Waals surface area contributed by atoms with Crippen LogP contribution in [-0.2, 0) is 6.18 Å². The minimum atomic E-state index is -4.44. The number of rotatable bonds is 3. The van der Waals surface area contributed by atoms with Crippen LogP contribution in [0, 0.1) is 0 Å². The first-order chi connectivity index (χ1) is 11.9. The molecule has 0 radical (unpaired) electrons. The smallest absolute Gasteiger partial charge is 0.416 e. The quantitative estimate of drug-likeness (QED) is 0.694. The average molecular weight is 346 g/mol. The topological polar surface area (TPSA) is 46.3 Å². The SMILES string of the molecule is CN(C(=O)c1ccc(-c2cccc(C(F)(F)F)c2)o1)c1ccccn1. The standard InChI is InChI=1S/C18H13F3N2O2/c1-23(16-7-2-3-10-22-16)17(24)15-9-8-14(25-15)12-5-4-6-13(11-12)18(19,20)21/h2-11H,1H3. The molecule has 7 heteroatoms. The van der Waals surface area contributed by atoms with Gasteiger partial charge in [0.25, 0.3) is 5.91 Å². The molecule has 0 aliphatic carbocycles. The zero-order valence-corrected chi connectivity index (χ0v) is 13.1. The Kier molecular flexibility index (Phi) is 4.31. The lowest BCUT2D eigenvalue weighted by atomic mass is 10.1. The molecule has 25 heavy (non-hydrogen) atoms. The zero-order valence-electron chi connectivity index (χ0n) is 13.1. The van der Waals surface area contributed by atoms with Gasteiger partial charge in [0.05, 0.1) is 5.56 Å². The summed E-state index contributed by atoms with van der Waals surface area (Å²) >= 11 is 0. The molecule has 0 spiro atoms. The van der Waals surface area contributed by atoms with Crippen LogP contribution in [-0.4, -0.2) is 17.9 Å². The minimum Gasteiger partial charge on any atom is -0.451 e. The maximum atomic E-state index is 12.8. The van der Waals surface area contributed by atoms with Crippen molar-refractivity contribution in [1.29, 1.82) is 0 Å². The number of aromatic nitrogens is 1. The Hall–Kier alpha value is -3.09. The highest BCUT2D eigenvalue weighted by molar-refractivity contribution is 6.03. The van der Waals surface area contributed by atoms with Crippen LogP contribution in [0.25, 0.3) is 11.3 Å². The van der Waals surface area contributed by atoms with E-state index in [0.29, 0.717) is 5.82 Å². The maximum absolute atomic E-state index is 12.8. The number of alkyl halides is 3. The molecule has 0 aliphatic heterocycles. The van der Waals surface area contributed by atoms with Gasteiger partial charge in [0, 0.05) is 18.8 Å². The number of furan rings is 1. The van der Waals surface area contributed by atoms with Crippen molar-refractivity contribution < 1.29 is 22.4 Å². The predicted molar refractivity (Wildman–Crippen MR) is 86.1 cm³/mol. The number of hydrogen-bond acceptors (Lipinski definition) is 3. The van der Waals surface area contributed by atoms with E-state index in [1.165, 1.54) is 36.2 Å². The number of benzene rings is 1. The highest BCUT2D eigenvalue weighted by atomic mass is 19.4. The van der Waals surface area contributed by atoms with E-state index in [0.717, 1.165) is 12.1 Å². The van der Waals surface area contributed by atoms with Crippen molar-refractivity contribution in [3.05, 3.63) is 72.1 Å². The Labute approximate surface area is 141 Å². The van der Waals surface area contributed by atoms with Crippen molar-refractivity contribution in [2.75, 3.05) is 11.9 Å². The summed E-state index contributed by atoms with van der Waals surface area (Å²) in [4.78, 5) is 17.8. The highest BCUT2D eigenvalue weighted by Gasteiger charge is 2.30. The number of carbonyl (C=O) groups is 1. The van der Waals surface area contributed by atoms with Gasteiger partial charge in [-0.05, 0) is 36.4 Å². The second-order valence-corrected chi connectivity index (χ2v) is 5.29. The number of nitrogens with zero attached hydrogens (tertiary/aromatic N) is 2. The van der Waals surface area contributed by atoms with Gasteiger partial charge in [0.1, 0.15) is 11.6 Å². The summed E-state index contributed by atoms with van der Waals surface area (Å²) in [6.45, 7) is 0. The largest absolute Gasteiger partial charge is 0.451 e. The molecular formula is C18H13F3N2O2. The molecule has 0 aliphatic rings. The summed E-state index contributed by atoms with van der Waals surface area (Å²) in [5, 5.41) is 0. The molecule has 1 aromatic carbocycles. The van der Waals surface area contributed by atoms with Gasteiger partial charge < -0.3 is 4.42 Å². The van der Waals surface area contributed by atoms with Crippen LogP contribution in [0.2, 0.25) is 0 Å². The van der Waals surface area contributed by atoms with Crippen molar-refractivity contribution in [3.63, 3.8) is 0 Å². The molecule has 0 atom stereocenters. The van der Waals surface area contributed by atoms with Crippen molar-refractivity contribution in [2.45, 2.75) is 6.18 Å². The lowest BCUT2D eigenvalue weighted by Gasteiger charge is -2.14. The average Bonchev–Trinajstić information content (AvgIpc) is 3.11. The van der Waals surface area contributed by atoms with Crippen molar-refractivity contribution >= 4 is 11.7 Å². The normalized spacial score (nSPS) is 11.4. The van der Waals surface area contributed by atoms with Crippen molar-refractivity contribution in [2.24, 2.45) is 0 Å². The van der Waals surface area contributed by atoms with E-state index in [2.05, 4.69) is 4.98 Å². The third-order valence-corrected chi connectivity index (χ3v) is 3.59. The molecule has 0 fully saturated rings. The van der Waals surface area contributed by atoms with Gasteiger partial charge in [-0.15, -0.1) is 0 Å². The van der Waals surface area contributed by atoms with Crippen LogP contribution < -0.4 is 4.90 Å². The van der Waals surface area contributed by atoms with Crippen LogP contribution >= 0.6 is 0 Å². The summed E-state index contributed by atoms with van der Waals surface area (Å²) in [5.74, 6) is 0.186. The summed E-state index contributed by atoms with van der Waals surface area (Å²) in [6.07, 6.45) is -2.89. The molecular weight excluding hydrogens is 333 g/mol. The fourth-order valence-electron chi connectivity index (χ4n) is 2.28. The maximum Gasteiger partial charge on any atom is 0.416 e. The first kappa shape index (κ1) is 16.8. The van der Waals surface area contributed by atoms with Crippen LogP contribution in [0.1, 0.15) is 16.1 Å². The highest BCUT2D eigenvalue weighted by Crippen LogP contribution is 2.32. The van der Waals surface area contributed by atoms with Crippen molar-refractivity contribution in [1.82, 2.24) is 4.98 Å². The predicted octanol–water partition coefficient (Wildman–Crippen LogP) is 4.64. The molecule has 0 bridgehead atoms. The summed E-state index contributed by atoms with van der Waals surface area (Å²) < 4.78 is 43.9. The van der Waals surface area contributed by atoms with Crippen molar-refractivity contribution in [3.8, 4) is 11.3 Å². The van der Waals surface area contributed by atoms with Gasteiger partial charge in [-0.1, -0.05) is 18.2 Å². The van der Waals surface area contributed by atoms with Gasteiger partial charge in [-0.3, -0.25) is 9.69 Å². The third-order valence-electron chi connectivity index (χ3n) is 3.59. The first-order valence-corrected chi connectivity index (χ1v) is 7.33. The first-order valence-electron chi connectivity index (χ1n) is 7.33. The monoisotopic (exact) mass is 346 g/mol. The fraction of sp³-hybridized carbons (Fsp3) is 0.111. The third kappa shape index (κ3) is 3.55. The molecule has 0 unspecified atom stereocenters. The molecule has 2 aromatic heterocycles. The second kappa shape index (κ2) is 6.43. The van der Waals surface area contributed by atoms with E-state index in [1.54, 1.807) is 24.4 Å². The van der Waals surface area contributed by atoms with Gasteiger partial charge in [0.15, 0.2) is 5.76 Å². The van der Waals surface area contributed by atoms with Gasteiger partial charge in [-0.2, -0.15) is 13.2 Å². The van der Waals surface area contributed by atoms with E-state index in [4.69, 9.17) is 4.42 Å². The molecule has 0 saturated carbocycles. The van der Waals surface area contributed by atoms with E-state index in [-0.39, 0.29) is 17.1 Å². The zero-order chi connectivity index (χ0) is 18.0. The Bertz CT molecular complexity index is 889. The Morgan fingerprint density at radius 2 is 1.88 bits per heavy atom. The minimum absolute atomic E-state index is 0.0144. The Morgan fingerprint density at radius 3 is 2.56 bits per heavy atom. The number of amides is 1. The molecule has 128 valence electrons. The van der Waals surface area contributed by atoms with Gasteiger partial charge in [0.2, 0.25) is 0 Å². The number of pyridine rings is 1. The summed E-state index contributed by atoms with van der Waals surface area (Å²) in [5.41, 5.74) is -0.533. The van der Waals surface area contributed by atoms with E-state index in [1.807, 2.05) is 0 Å². The van der Waals surface area contributed by atoms with Gasteiger partial charge >= 0.3 is 6.18 Å². The molecule has 3 aromatic rings. The van der Waals surface area contributed by atoms with E-state index < -0.39 is 17.6 Å². The number of carbonyl (C=O) groups excluding carboxylic acids is 1.